The SMILES string of the molecule is Cn1ccc(NC(=O)Cn2c(-c3ccccc3)cc3ccccc32)n1. The van der Waals surface area contributed by atoms with Crippen LogP contribution < -0.4 is 5.32 Å². The largest absolute Gasteiger partial charge is 0.331 e. The second-order valence-corrected chi connectivity index (χ2v) is 5.96. The van der Waals surface area contributed by atoms with Crippen molar-refractivity contribution in [3.63, 3.8) is 0 Å². The Labute approximate surface area is 145 Å². The van der Waals surface area contributed by atoms with Crippen LogP contribution in [0.4, 0.5) is 5.82 Å². The molecule has 2 aromatic heterocycles. The Balaban J connectivity index is 1.71. The first-order valence-corrected chi connectivity index (χ1v) is 8.14. The number of aromatic nitrogens is 3. The minimum absolute atomic E-state index is 0.0998. The molecule has 0 unspecified atom stereocenters. The first-order valence-electron chi connectivity index (χ1n) is 8.14. The summed E-state index contributed by atoms with van der Waals surface area (Å²) in [5.74, 6) is 0.461. The minimum atomic E-state index is -0.0998. The number of para-hydroxylation sites is 1. The molecule has 1 N–H and O–H groups in total. The number of nitrogens with zero attached hydrogens (tertiary/aromatic N) is 3. The Kier molecular flexibility index (Phi) is 3.82. The second-order valence-electron chi connectivity index (χ2n) is 5.96. The first-order chi connectivity index (χ1) is 12.2. The molecule has 0 aliphatic rings. The maximum Gasteiger partial charge on any atom is 0.245 e. The number of fused-ring (bicyclic) bond motifs is 1. The van der Waals surface area contributed by atoms with E-state index in [2.05, 4.69) is 34.7 Å². The summed E-state index contributed by atoms with van der Waals surface area (Å²) in [5.41, 5.74) is 3.15. The summed E-state index contributed by atoms with van der Waals surface area (Å²) in [6.07, 6.45) is 1.80. The van der Waals surface area contributed by atoms with Gasteiger partial charge in [0.05, 0.1) is 0 Å². The molecule has 25 heavy (non-hydrogen) atoms. The van der Waals surface area contributed by atoms with Gasteiger partial charge in [0.1, 0.15) is 6.54 Å². The highest BCUT2D eigenvalue weighted by atomic mass is 16.2. The molecular weight excluding hydrogens is 312 g/mol. The quantitative estimate of drug-likeness (QED) is 0.620. The lowest BCUT2D eigenvalue weighted by atomic mass is 10.1. The van der Waals surface area contributed by atoms with Crippen molar-refractivity contribution in [2.24, 2.45) is 7.05 Å². The van der Waals surface area contributed by atoms with Crippen LogP contribution >= 0.6 is 0 Å². The third-order valence-corrected chi connectivity index (χ3v) is 4.16. The van der Waals surface area contributed by atoms with Crippen molar-refractivity contribution in [3.8, 4) is 11.3 Å². The standard InChI is InChI=1S/C20H18N4O/c1-23-12-11-19(22-23)21-20(25)14-24-17-10-6-5-9-16(17)13-18(24)15-7-3-2-4-8-15/h2-13H,14H2,1H3,(H,21,22,25). The number of rotatable bonds is 4. The highest BCUT2D eigenvalue weighted by molar-refractivity contribution is 5.93. The molecule has 2 heterocycles. The van der Waals surface area contributed by atoms with E-state index in [4.69, 9.17) is 0 Å². The fraction of sp³-hybridized carbons (Fsp3) is 0.100. The maximum atomic E-state index is 12.5. The van der Waals surface area contributed by atoms with E-state index in [0.29, 0.717) is 5.82 Å². The first kappa shape index (κ1) is 15.2. The Hall–Kier alpha value is -3.34. The van der Waals surface area contributed by atoms with Crippen LogP contribution in [0, 0.1) is 0 Å². The minimum Gasteiger partial charge on any atom is -0.331 e. The van der Waals surface area contributed by atoms with Crippen LogP contribution in [0.2, 0.25) is 0 Å². The number of carbonyl (C=O) groups excluding carboxylic acids is 1. The second kappa shape index (κ2) is 6.28. The predicted molar refractivity (Wildman–Crippen MR) is 99.2 cm³/mol. The van der Waals surface area contributed by atoms with Crippen molar-refractivity contribution in [2.45, 2.75) is 6.54 Å². The zero-order valence-electron chi connectivity index (χ0n) is 13.9. The molecule has 1 amide bonds. The molecule has 0 aliphatic heterocycles. The summed E-state index contributed by atoms with van der Waals surface area (Å²) in [6, 6.07) is 22.1. The Morgan fingerprint density at radius 2 is 1.80 bits per heavy atom. The fourth-order valence-electron chi connectivity index (χ4n) is 3.04. The van der Waals surface area contributed by atoms with Crippen LogP contribution in [0.1, 0.15) is 0 Å². The van der Waals surface area contributed by atoms with Crippen molar-refractivity contribution >= 4 is 22.6 Å². The van der Waals surface area contributed by atoms with E-state index < -0.39 is 0 Å². The van der Waals surface area contributed by atoms with Gasteiger partial charge in [0.15, 0.2) is 5.82 Å². The van der Waals surface area contributed by atoms with E-state index >= 15 is 0 Å². The van der Waals surface area contributed by atoms with Gasteiger partial charge < -0.3 is 9.88 Å². The lowest BCUT2D eigenvalue weighted by Crippen LogP contribution is -2.19. The molecule has 2 aromatic carbocycles. The van der Waals surface area contributed by atoms with Crippen LogP contribution in [0.5, 0.6) is 0 Å². The molecule has 4 rings (SSSR count). The van der Waals surface area contributed by atoms with Gasteiger partial charge in [-0.1, -0.05) is 48.5 Å². The van der Waals surface area contributed by atoms with Gasteiger partial charge in [-0.25, -0.2) is 0 Å². The molecular formula is C20H18N4O. The monoisotopic (exact) mass is 330 g/mol. The summed E-state index contributed by atoms with van der Waals surface area (Å²) in [5, 5.41) is 8.17. The molecule has 0 radical (unpaired) electrons. The molecule has 0 aliphatic carbocycles. The molecule has 0 spiro atoms. The highest BCUT2D eigenvalue weighted by Crippen LogP contribution is 2.28. The fourth-order valence-corrected chi connectivity index (χ4v) is 3.04. The van der Waals surface area contributed by atoms with Crippen LogP contribution in [-0.2, 0) is 18.4 Å². The molecule has 0 fully saturated rings. The van der Waals surface area contributed by atoms with Crippen molar-refractivity contribution in [2.75, 3.05) is 5.32 Å². The predicted octanol–water partition coefficient (Wildman–Crippen LogP) is 3.68. The number of hydrogen-bond acceptors (Lipinski definition) is 2. The van der Waals surface area contributed by atoms with Gasteiger partial charge in [0.25, 0.3) is 0 Å². The number of hydrogen-bond donors (Lipinski definition) is 1. The number of anilines is 1. The lowest BCUT2D eigenvalue weighted by Gasteiger charge is -2.11. The van der Waals surface area contributed by atoms with Crippen LogP contribution in [0.3, 0.4) is 0 Å². The molecule has 0 saturated heterocycles. The average Bonchev–Trinajstić information content (AvgIpc) is 3.19. The van der Waals surface area contributed by atoms with Gasteiger partial charge in [0.2, 0.25) is 5.91 Å². The lowest BCUT2D eigenvalue weighted by molar-refractivity contribution is -0.116. The Morgan fingerprint density at radius 3 is 2.56 bits per heavy atom. The van der Waals surface area contributed by atoms with Gasteiger partial charge >= 0.3 is 0 Å². The van der Waals surface area contributed by atoms with Crippen LogP contribution in [-0.4, -0.2) is 20.3 Å². The van der Waals surface area contributed by atoms with Gasteiger partial charge in [-0.2, -0.15) is 5.10 Å². The summed E-state index contributed by atoms with van der Waals surface area (Å²) in [6.45, 7) is 0.230. The smallest absolute Gasteiger partial charge is 0.245 e. The summed E-state index contributed by atoms with van der Waals surface area (Å²) in [7, 11) is 1.82. The Morgan fingerprint density at radius 1 is 1.04 bits per heavy atom. The number of aryl methyl sites for hydroxylation is 1. The van der Waals surface area contributed by atoms with Crippen LogP contribution in [0.25, 0.3) is 22.2 Å². The van der Waals surface area contributed by atoms with E-state index in [0.717, 1.165) is 22.2 Å². The molecule has 4 aromatic rings. The summed E-state index contributed by atoms with van der Waals surface area (Å²) >= 11 is 0. The van der Waals surface area contributed by atoms with Crippen molar-refractivity contribution in [1.29, 1.82) is 0 Å². The van der Waals surface area contributed by atoms with Crippen molar-refractivity contribution < 1.29 is 4.79 Å². The number of benzene rings is 2. The summed E-state index contributed by atoms with van der Waals surface area (Å²) in [4.78, 5) is 12.5. The van der Waals surface area contributed by atoms with E-state index in [1.54, 1.807) is 16.9 Å². The van der Waals surface area contributed by atoms with E-state index in [1.165, 1.54) is 0 Å². The van der Waals surface area contributed by atoms with Crippen LogP contribution in [0.15, 0.2) is 72.9 Å². The number of carbonyl (C=O) groups is 1. The molecule has 124 valence electrons. The third kappa shape index (κ3) is 3.04. The topological polar surface area (TPSA) is 51.9 Å². The zero-order valence-corrected chi connectivity index (χ0v) is 13.9. The number of amides is 1. The molecule has 5 heteroatoms. The molecule has 0 atom stereocenters. The molecule has 0 bridgehead atoms. The van der Waals surface area contributed by atoms with Crippen molar-refractivity contribution in [3.05, 3.63) is 72.9 Å². The number of nitrogens with one attached hydrogen (secondary N) is 1. The Bertz CT molecular complexity index is 1030. The van der Waals surface area contributed by atoms with Crippen molar-refractivity contribution in [1.82, 2.24) is 14.3 Å². The maximum absolute atomic E-state index is 12.5. The van der Waals surface area contributed by atoms with Gasteiger partial charge in [-0.05, 0) is 17.7 Å². The van der Waals surface area contributed by atoms with Gasteiger partial charge in [-0.15, -0.1) is 0 Å². The average molecular weight is 330 g/mol. The van der Waals surface area contributed by atoms with Gasteiger partial charge in [0, 0.05) is 35.9 Å². The van der Waals surface area contributed by atoms with E-state index in [1.807, 2.05) is 48.0 Å². The zero-order chi connectivity index (χ0) is 17.2. The molecule has 5 nitrogen and oxygen atoms in total. The summed E-state index contributed by atoms with van der Waals surface area (Å²) < 4.78 is 3.71. The highest BCUT2D eigenvalue weighted by Gasteiger charge is 2.14. The molecule has 0 saturated carbocycles. The third-order valence-electron chi connectivity index (χ3n) is 4.16. The van der Waals surface area contributed by atoms with E-state index in [-0.39, 0.29) is 12.5 Å². The normalized spacial score (nSPS) is 10.9. The van der Waals surface area contributed by atoms with E-state index in [9.17, 15) is 4.79 Å². The van der Waals surface area contributed by atoms with Gasteiger partial charge in [-0.3, -0.25) is 9.48 Å².